The van der Waals surface area contributed by atoms with Gasteiger partial charge in [-0.1, -0.05) is 6.58 Å². The van der Waals surface area contributed by atoms with Crippen LogP contribution in [0.2, 0.25) is 0 Å². The van der Waals surface area contributed by atoms with Crippen molar-refractivity contribution in [2.24, 2.45) is 0 Å². The van der Waals surface area contributed by atoms with Crippen molar-refractivity contribution < 1.29 is 0 Å². The van der Waals surface area contributed by atoms with Crippen molar-refractivity contribution in [3.05, 3.63) is 18.2 Å². The minimum atomic E-state index is 0.805. The first-order chi connectivity index (χ1) is 5.27. The Hall–Kier alpha value is -1.12. The van der Waals surface area contributed by atoms with Crippen molar-refractivity contribution in [3.63, 3.8) is 0 Å². The Labute approximate surface area is 65.8 Å². The third kappa shape index (κ3) is 0.964. The lowest BCUT2D eigenvalue weighted by molar-refractivity contribution is 0.654. The highest BCUT2D eigenvalue weighted by atomic mass is 15.4. The number of hydrogen-bond donors (Lipinski definition) is 0. The topological polar surface area (TPSA) is 30.7 Å². The van der Waals surface area contributed by atoms with Crippen LogP contribution in [0, 0.1) is 0 Å². The lowest BCUT2D eigenvalue weighted by atomic mass is 10.3. The van der Waals surface area contributed by atoms with Gasteiger partial charge in [0.25, 0.3) is 0 Å². The van der Waals surface area contributed by atoms with Gasteiger partial charge in [-0.3, -0.25) is 0 Å². The normalized spacial score (nSPS) is 15.0. The predicted octanol–water partition coefficient (Wildman–Crippen LogP) is 1.26. The second kappa shape index (κ2) is 2.19. The zero-order valence-corrected chi connectivity index (χ0v) is 6.67. The summed E-state index contributed by atoms with van der Waals surface area (Å²) in [4.78, 5) is 4.34. The standard InChI is InChI=1S/C8H11N3/c1-6(2)8-9-7-4-3-5-11(7)10-8/h1,3-5H2,2H3. The van der Waals surface area contributed by atoms with Crippen LogP contribution in [-0.2, 0) is 13.0 Å². The predicted molar refractivity (Wildman–Crippen MR) is 43.1 cm³/mol. The summed E-state index contributed by atoms with van der Waals surface area (Å²) in [5, 5.41) is 4.30. The molecule has 2 heterocycles. The molecule has 1 aliphatic rings. The number of fused-ring (bicyclic) bond motifs is 1. The molecule has 0 unspecified atom stereocenters. The van der Waals surface area contributed by atoms with Gasteiger partial charge in [0.05, 0.1) is 0 Å². The monoisotopic (exact) mass is 149 g/mol. The fraction of sp³-hybridized carbons (Fsp3) is 0.500. The van der Waals surface area contributed by atoms with E-state index in [0.29, 0.717) is 0 Å². The molecule has 0 amide bonds. The van der Waals surface area contributed by atoms with Crippen LogP contribution in [0.4, 0.5) is 0 Å². The van der Waals surface area contributed by atoms with Crippen molar-refractivity contribution in [1.82, 2.24) is 14.8 Å². The highest BCUT2D eigenvalue weighted by Crippen LogP contribution is 2.14. The van der Waals surface area contributed by atoms with Crippen LogP contribution in [-0.4, -0.2) is 14.8 Å². The van der Waals surface area contributed by atoms with E-state index in [0.717, 1.165) is 30.2 Å². The third-order valence-electron chi connectivity index (χ3n) is 1.90. The molecule has 0 aromatic carbocycles. The summed E-state index contributed by atoms with van der Waals surface area (Å²) in [6.07, 6.45) is 2.26. The van der Waals surface area contributed by atoms with Crippen molar-refractivity contribution in [2.45, 2.75) is 26.3 Å². The number of aryl methyl sites for hydroxylation is 2. The molecule has 2 rings (SSSR count). The second-order valence-electron chi connectivity index (χ2n) is 2.96. The van der Waals surface area contributed by atoms with Gasteiger partial charge < -0.3 is 0 Å². The lowest BCUT2D eigenvalue weighted by Gasteiger charge is -1.89. The summed E-state index contributed by atoms with van der Waals surface area (Å²) in [5.74, 6) is 1.92. The first kappa shape index (κ1) is 6.58. The molecule has 0 fully saturated rings. The fourth-order valence-corrected chi connectivity index (χ4v) is 1.31. The van der Waals surface area contributed by atoms with Crippen LogP contribution in [0.15, 0.2) is 6.58 Å². The Bertz CT molecular complexity index is 277. The molecule has 1 aliphatic heterocycles. The van der Waals surface area contributed by atoms with Crippen LogP contribution in [0.25, 0.3) is 5.57 Å². The quantitative estimate of drug-likeness (QED) is 0.601. The van der Waals surface area contributed by atoms with Crippen LogP contribution < -0.4 is 0 Å². The molecule has 58 valence electrons. The smallest absolute Gasteiger partial charge is 0.176 e. The van der Waals surface area contributed by atoms with E-state index in [-0.39, 0.29) is 0 Å². The summed E-state index contributed by atoms with van der Waals surface area (Å²) in [6.45, 7) is 6.76. The summed E-state index contributed by atoms with van der Waals surface area (Å²) in [6, 6.07) is 0. The van der Waals surface area contributed by atoms with Gasteiger partial charge in [-0.05, 0) is 18.9 Å². The molecule has 0 atom stereocenters. The molecule has 0 radical (unpaired) electrons. The van der Waals surface area contributed by atoms with E-state index >= 15 is 0 Å². The highest BCUT2D eigenvalue weighted by molar-refractivity contribution is 5.53. The van der Waals surface area contributed by atoms with Crippen LogP contribution in [0.5, 0.6) is 0 Å². The van der Waals surface area contributed by atoms with Gasteiger partial charge in [0.1, 0.15) is 5.82 Å². The molecule has 0 saturated heterocycles. The largest absolute Gasteiger partial charge is 0.249 e. The molecule has 1 aromatic rings. The van der Waals surface area contributed by atoms with Gasteiger partial charge in [-0.25, -0.2) is 9.67 Å². The molecule has 0 N–H and O–H groups in total. The van der Waals surface area contributed by atoms with E-state index in [1.165, 1.54) is 6.42 Å². The number of allylic oxidation sites excluding steroid dienone is 1. The molecule has 0 saturated carbocycles. The Balaban J connectivity index is 2.42. The van der Waals surface area contributed by atoms with E-state index < -0.39 is 0 Å². The zero-order chi connectivity index (χ0) is 7.84. The number of aromatic nitrogens is 3. The first-order valence-corrected chi connectivity index (χ1v) is 3.87. The Morgan fingerprint density at radius 1 is 1.64 bits per heavy atom. The van der Waals surface area contributed by atoms with E-state index in [2.05, 4.69) is 16.7 Å². The van der Waals surface area contributed by atoms with E-state index in [1.807, 2.05) is 11.6 Å². The molecule has 0 spiro atoms. The lowest BCUT2D eigenvalue weighted by Crippen LogP contribution is -1.94. The maximum absolute atomic E-state index is 4.34. The first-order valence-electron chi connectivity index (χ1n) is 3.87. The second-order valence-corrected chi connectivity index (χ2v) is 2.96. The van der Waals surface area contributed by atoms with Gasteiger partial charge in [0.15, 0.2) is 5.82 Å². The summed E-state index contributed by atoms with van der Waals surface area (Å²) >= 11 is 0. The van der Waals surface area contributed by atoms with Gasteiger partial charge in [0.2, 0.25) is 0 Å². The van der Waals surface area contributed by atoms with Crippen molar-refractivity contribution >= 4 is 5.57 Å². The summed E-state index contributed by atoms with van der Waals surface area (Å²) in [5.41, 5.74) is 0.951. The SMILES string of the molecule is C=C(C)c1nc2n(n1)CCC2. The third-order valence-corrected chi connectivity index (χ3v) is 1.90. The molecular weight excluding hydrogens is 138 g/mol. The fourth-order valence-electron chi connectivity index (χ4n) is 1.31. The number of nitrogens with zero attached hydrogens (tertiary/aromatic N) is 3. The van der Waals surface area contributed by atoms with Crippen molar-refractivity contribution in [3.8, 4) is 0 Å². The maximum Gasteiger partial charge on any atom is 0.176 e. The minimum Gasteiger partial charge on any atom is -0.249 e. The summed E-state index contributed by atoms with van der Waals surface area (Å²) in [7, 11) is 0. The van der Waals surface area contributed by atoms with Crippen molar-refractivity contribution in [1.29, 1.82) is 0 Å². The molecule has 3 heteroatoms. The molecule has 0 aliphatic carbocycles. The van der Waals surface area contributed by atoms with Crippen LogP contribution >= 0.6 is 0 Å². The van der Waals surface area contributed by atoms with Crippen LogP contribution in [0.1, 0.15) is 25.0 Å². The maximum atomic E-state index is 4.34. The van der Waals surface area contributed by atoms with Gasteiger partial charge >= 0.3 is 0 Å². The number of hydrogen-bond acceptors (Lipinski definition) is 2. The number of rotatable bonds is 1. The Kier molecular flexibility index (Phi) is 1.31. The average Bonchev–Trinajstić information content (AvgIpc) is 2.40. The van der Waals surface area contributed by atoms with E-state index in [4.69, 9.17) is 0 Å². The average molecular weight is 149 g/mol. The molecule has 11 heavy (non-hydrogen) atoms. The molecular formula is C8H11N3. The van der Waals surface area contributed by atoms with Crippen LogP contribution in [0.3, 0.4) is 0 Å². The van der Waals surface area contributed by atoms with E-state index in [9.17, 15) is 0 Å². The minimum absolute atomic E-state index is 0.805. The van der Waals surface area contributed by atoms with Gasteiger partial charge in [-0.15, -0.1) is 0 Å². The Morgan fingerprint density at radius 3 is 3.09 bits per heavy atom. The van der Waals surface area contributed by atoms with Crippen molar-refractivity contribution in [2.75, 3.05) is 0 Å². The highest BCUT2D eigenvalue weighted by Gasteiger charge is 2.14. The van der Waals surface area contributed by atoms with Gasteiger partial charge in [0, 0.05) is 13.0 Å². The summed E-state index contributed by atoms with van der Waals surface area (Å²) < 4.78 is 1.98. The molecule has 3 nitrogen and oxygen atoms in total. The molecule has 0 bridgehead atoms. The molecule has 1 aromatic heterocycles. The van der Waals surface area contributed by atoms with Gasteiger partial charge in [-0.2, -0.15) is 5.10 Å². The zero-order valence-electron chi connectivity index (χ0n) is 6.67. The van der Waals surface area contributed by atoms with E-state index in [1.54, 1.807) is 0 Å². The Morgan fingerprint density at radius 2 is 2.45 bits per heavy atom.